The molecule has 3 N–H and O–H groups in total. The Bertz CT molecular complexity index is 192. The Morgan fingerprint density at radius 3 is 1.95 bits per heavy atom. The van der Waals surface area contributed by atoms with Crippen molar-refractivity contribution >= 4 is 0 Å². The molecule has 4 nitrogen and oxygen atoms in total. The summed E-state index contributed by atoms with van der Waals surface area (Å²) < 4.78 is 10.4. The first-order chi connectivity index (χ1) is 10.3. The molecule has 0 heterocycles. The zero-order chi connectivity index (χ0) is 15.6. The molecule has 0 saturated carbocycles. The van der Waals surface area contributed by atoms with Crippen LogP contribution >= 0.6 is 0 Å². The molecular formula is C17H38N2O2. The highest BCUT2D eigenvalue weighted by atomic mass is 16.5. The Kier molecular flexibility index (Phi) is 17.8. The van der Waals surface area contributed by atoms with E-state index in [0.29, 0.717) is 19.8 Å². The third-order valence-corrected chi connectivity index (χ3v) is 3.89. The van der Waals surface area contributed by atoms with Gasteiger partial charge in [0.15, 0.2) is 0 Å². The average Bonchev–Trinajstić information content (AvgIpc) is 2.51. The van der Waals surface area contributed by atoms with Gasteiger partial charge in [0.05, 0.1) is 19.8 Å². The maximum Gasteiger partial charge on any atom is 0.0701 e. The largest absolute Gasteiger partial charge is 0.382 e. The van der Waals surface area contributed by atoms with Gasteiger partial charge < -0.3 is 9.47 Å². The number of ether oxygens (including phenoxy) is 2. The van der Waals surface area contributed by atoms with Crippen LogP contribution in [0.2, 0.25) is 0 Å². The van der Waals surface area contributed by atoms with Crippen molar-refractivity contribution in [2.75, 3.05) is 26.9 Å². The second kappa shape index (κ2) is 17.9. The van der Waals surface area contributed by atoms with Gasteiger partial charge in [-0.1, -0.05) is 71.1 Å². The Morgan fingerprint density at radius 2 is 1.43 bits per heavy atom. The van der Waals surface area contributed by atoms with E-state index in [0.717, 1.165) is 6.42 Å². The molecule has 0 aromatic heterocycles. The van der Waals surface area contributed by atoms with Crippen molar-refractivity contribution in [1.82, 2.24) is 5.43 Å². The molecule has 0 radical (unpaired) electrons. The van der Waals surface area contributed by atoms with E-state index in [1.165, 1.54) is 64.2 Å². The van der Waals surface area contributed by atoms with Crippen molar-refractivity contribution in [3.8, 4) is 0 Å². The molecule has 0 spiro atoms. The summed E-state index contributed by atoms with van der Waals surface area (Å²) in [5.41, 5.74) is 2.84. The summed E-state index contributed by atoms with van der Waals surface area (Å²) in [6.45, 7) is 4.24. The van der Waals surface area contributed by atoms with Crippen molar-refractivity contribution in [2.24, 2.45) is 5.84 Å². The molecule has 1 atom stereocenters. The van der Waals surface area contributed by atoms with Gasteiger partial charge in [-0.3, -0.25) is 11.3 Å². The van der Waals surface area contributed by atoms with Crippen LogP contribution in [0.5, 0.6) is 0 Å². The van der Waals surface area contributed by atoms with Crippen LogP contribution in [0.15, 0.2) is 0 Å². The predicted octanol–water partition coefficient (Wildman–Crippen LogP) is 3.79. The number of hydrogen-bond acceptors (Lipinski definition) is 4. The molecule has 0 aliphatic heterocycles. The van der Waals surface area contributed by atoms with E-state index < -0.39 is 0 Å². The van der Waals surface area contributed by atoms with Gasteiger partial charge in [-0.2, -0.15) is 0 Å². The van der Waals surface area contributed by atoms with E-state index in [1.807, 2.05) is 0 Å². The van der Waals surface area contributed by atoms with Gasteiger partial charge in [0.2, 0.25) is 0 Å². The number of methoxy groups -OCH3 is 1. The Morgan fingerprint density at radius 1 is 0.857 bits per heavy atom. The highest BCUT2D eigenvalue weighted by Gasteiger charge is 2.06. The Hall–Kier alpha value is -0.160. The summed E-state index contributed by atoms with van der Waals surface area (Å²) >= 11 is 0. The fourth-order valence-corrected chi connectivity index (χ4v) is 2.46. The SMILES string of the molecule is CCCCCCCCCCCCC(COCCOC)NN. The van der Waals surface area contributed by atoms with Gasteiger partial charge in [-0.15, -0.1) is 0 Å². The van der Waals surface area contributed by atoms with E-state index in [-0.39, 0.29) is 6.04 Å². The predicted molar refractivity (Wildman–Crippen MR) is 90.3 cm³/mol. The van der Waals surface area contributed by atoms with Gasteiger partial charge >= 0.3 is 0 Å². The first-order valence-electron chi connectivity index (χ1n) is 8.88. The van der Waals surface area contributed by atoms with Crippen molar-refractivity contribution < 1.29 is 9.47 Å². The Balaban J connectivity index is 3.23. The lowest BCUT2D eigenvalue weighted by Crippen LogP contribution is -2.38. The quantitative estimate of drug-likeness (QED) is 0.244. The first kappa shape index (κ1) is 20.8. The topological polar surface area (TPSA) is 56.5 Å². The van der Waals surface area contributed by atoms with E-state index >= 15 is 0 Å². The van der Waals surface area contributed by atoms with Crippen molar-refractivity contribution in [1.29, 1.82) is 0 Å². The van der Waals surface area contributed by atoms with Gasteiger partial charge in [-0.25, -0.2) is 0 Å². The fraction of sp³-hybridized carbons (Fsp3) is 1.00. The number of rotatable bonds is 17. The fourth-order valence-electron chi connectivity index (χ4n) is 2.46. The summed E-state index contributed by atoms with van der Waals surface area (Å²) in [5, 5.41) is 0. The molecule has 4 heteroatoms. The van der Waals surface area contributed by atoms with Crippen LogP contribution in [0, 0.1) is 0 Å². The zero-order valence-electron chi connectivity index (χ0n) is 14.4. The second-order valence-corrected chi connectivity index (χ2v) is 5.90. The zero-order valence-corrected chi connectivity index (χ0v) is 14.4. The number of nitrogens with one attached hydrogen (secondary N) is 1. The minimum atomic E-state index is 0.274. The molecule has 0 saturated heterocycles. The smallest absolute Gasteiger partial charge is 0.0701 e. The highest BCUT2D eigenvalue weighted by molar-refractivity contribution is 4.62. The molecule has 0 aromatic rings. The van der Waals surface area contributed by atoms with Gasteiger partial charge in [-0.05, 0) is 6.42 Å². The first-order valence-corrected chi connectivity index (χ1v) is 8.88. The number of hydrogen-bond donors (Lipinski definition) is 2. The standard InChI is InChI=1S/C17H38N2O2/c1-3-4-5-6-7-8-9-10-11-12-13-17(19-18)16-21-15-14-20-2/h17,19H,3-16,18H2,1-2H3. The lowest BCUT2D eigenvalue weighted by Gasteiger charge is -2.15. The van der Waals surface area contributed by atoms with Crippen LogP contribution in [0.25, 0.3) is 0 Å². The summed E-state index contributed by atoms with van der Waals surface area (Å²) in [7, 11) is 1.69. The third-order valence-electron chi connectivity index (χ3n) is 3.89. The minimum absolute atomic E-state index is 0.274. The lowest BCUT2D eigenvalue weighted by atomic mass is 10.0. The summed E-state index contributed by atoms with van der Waals surface area (Å²) in [4.78, 5) is 0. The van der Waals surface area contributed by atoms with Crippen LogP contribution in [-0.2, 0) is 9.47 Å². The molecular weight excluding hydrogens is 264 g/mol. The van der Waals surface area contributed by atoms with Crippen LogP contribution in [0.4, 0.5) is 0 Å². The van der Waals surface area contributed by atoms with Crippen molar-refractivity contribution in [3.63, 3.8) is 0 Å². The van der Waals surface area contributed by atoms with E-state index in [9.17, 15) is 0 Å². The summed E-state index contributed by atoms with van der Waals surface area (Å²) in [5.74, 6) is 5.55. The van der Waals surface area contributed by atoms with Crippen molar-refractivity contribution in [3.05, 3.63) is 0 Å². The molecule has 0 fully saturated rings. The number of unbranched alkanes of at least 4 members (excludes halogenated alkanes) is 9. The average molecular weight is 303 g/mol. The molecule has 0 amide bonds. The molecule has 0 rings (SSSR count). The Labute approximate surface area is 132 Å². The number of hydrazine groups is 1. The van der Waals surface area contributed by atoms with Gasteiger partial charge in [0.1, 0.15) is 0 Å². The monoisotopic (exact) mass is 302 g/mol. The minimum Gasteiger partial charge on any atom is -0.382 e. The molecule has 0 aliphatic carbocycles. The normalized spacial score (nSPS) is 12.7. The van der Waals surface area contributed by atoms with E-state index in [4.69, 9.17) is 15.3 Å². The van der Waals surface area contributed by atoms with Crippen LogP contribution < -0.4 is 11.3 Å². The number of nitrogens with two attached hydrogens (primary N) is 1. The molecule has 0 bridgehead atoms. The maximum atomic E-state index is 5.55. The molecule has 0 aromatic carbocycles. The molecule has 1 unspecified atom stereocenters. The summed E-state index contributed by atoms with van der Waals surface area (Å²) in [6.07, 6.45) is 14.8. The van der Waals surface area contributed by atoms with Crippen LogP contribution in [-0.4, -0.2) is 33.0 Å². The molecule has 0 aliphatic rings. The summed E-state index contributed by atoms with van der Waals surface area (Å²) in [6, 6.07) is 0.274. The van der Waals surface area contributed by atoms with E-state index in [1.54, 1.807) is 7.11 Å². The maximum absolute atomic E-state index is 5.55. The molecule has 128 valence electrons. The van der Waals surface area contributed by atoms with E-state index in [2.05, 4.69) is 12.3 Å². The van der Waals surface area contributed by atoms with Gasteiger partial charge in [0.25, 0.3) is 0 Å². The molecule has 21 heavy (non-hydrogen) atoms. The lowest BCUT2D eigenvalue weighted by molar-refractivity contribution is 0.0571. The van der Waals surface area contributed by atoms with Gasteiger partial charge in [0, 0.05) is 13.2 Å². The highest BCUT2D eigenvalue weighted by Crippen LogP contribution is 2.12. The van der Waals surface area contributed by atoms with Crippen LogP contribution in [0.1, 0.15) is 77.6 Å². The second-order valence-electron chi connectivity index (χ2n) is 5.90. The van der Waals surface area contributed by atoms with Crippen molar-refractivity contribution in [2.45, 2.75) is 83.6 Å². The van der Waals surface area contributed by atoms with Crippen LogP contribution in [0.3, 0.4) is 0 Å². The third kappa shape index (κ3) is 16.0.